The second-order valence-corrected chi connectivity index (χ2v) is 6.81. The lowest BCUT2D eigenvalue weighted by molar-refractivity contribution is -0.129. The van der Waals surface area contributed by atoms with Crippen LogP contribution in [0.3, 0.4) is 0 Å². The van der Waals surface area contributed by atoms with E-state index in [9.17, 15) is 13.6 Å². The second-order valence-electron chi connectivity index (χ2n) is 6.54. The molecule has 2 aliphatic rings. The van der Waals surface area contributed by atoms with Crippen molar-refractivity contribution in [1.29, 1.82) is 0 Å². The van der Waals surface area contributed by atoms with Crippen molar-refractivity contribution in [3.63, 3.8) is 0 Å². The lowest BCUT2D eigenvalue weighted by Gasteiger charge is -2.36. The van der Waals surface area contributed by atoms with E-state index >= 15 is 0 Å². The lowest BCUT2D eigenvalue weighted by Crippen LogP contribution is -2.43. The standard InChI is InChI=1S/C15H24ClF2NO/c16-10-14(6-2-1-3-7-14)11-19-13(20)12-4-8-15(17,18)9-5-12/h12H,1-11H2,(H,19,20). The highest BCUT2D eigenvalue weighted by Crippen LogP contribution is 2.38. The molecule has 0 aromatic heterocycles. The molecule has 116 valence electrons. The largest absolute Gasteiger partial charge is 0.355 e. The maximum atomic E-state index is 13.1. The number of rotatable bonds is 4. The van der Waals surface area contributed by atoms with Gasteiger partial charge in [0.25, 0.3) is 0 Å². The van der Waals surface area contributed by atoms with Crippen molar-refractivity contribution in [2.45, 2.75) is 63.7 Å². The van der Waals surface area contributed by atoms with Crippen molar-refractivity contribution in [1.82, 2.24) is 5.32 Å². The van der Waals surface area contributed by atoms with Crippen molar-refractivity contribution in [2.75, 3.05) is 12.4 Å². The Kier molecular flexibility index (Phi) is 5.27. The van der Waals surface area contributed by atoms with Crippen LogP contribution in [0.1, 0.15) is 57.8 Å². The van der Waals surface area contributed by atoms with Crippen LogP contribution in [0.25, 0.3) is 0 Å². The van der Waals surface area contributed by atoms with Crippen LogP contribution < -0.4 is 5.32 Å². The molecule has 2 fully saturated rings. The maximum Gasteiger partial charge on any atom is 0.248 e. The van der Waals surface area contributed by atoms with Gasteiger partial charge in [0, 0.05) is 36.6 Å². The molecule has 2 saturated carbocycles. The maximum absolute atomic E-state index is 13.1. The number of hydrogen-bond donors (Lipinski definition) is 1. The van der Waals surface area contributed by atoms with Crippen LogP contribution in [-0.2, 0) is 4.79 Å². The number of carbonyl (C=O) groups is 1. The summed E-state index contributed by atoms with van der Waals surface area (Å²) in [6.45, 7) is 0.599. The number of nitrogens with one attached hydrogen (secondary N) is 1. The summed E-state index contributed by atoms with van der Waals surface area (Å²) in [6.07, 6.45) is 5.96. The Hall–Kier alpha value is -0.380. The molecule has 20 heavy (non-hydrogen) atoms. The molecule has 0 radical (unpaired) electrons. The fourth-order valence-corrected chi connectivity index (χ4v) is 3.74. The summed E-state index contributed by atoms with van der Waals surface area (Å²) in [6, 6.07) is 0. The third kappa shape index (κ3) is 4.06. The third-order valence-corrected chi connectivity index (χ3v) is 5.49. The zero-order chi connectivity index (χ0) is 14.6. The van der Waals surface area contributed by atoms with Crippen LogP contribution in [0.15, 0.2) is 0 Å². The van der Waals surface area contributed by atoms with Gasteiger partial charge in [0.15, 0.2) is 0 Å². The van der Waals surface area contributed by atoms with E-state index in [1.54, 1.807) is 0 Å². The summed E-state index contributed by atoms with van der Waals surface area (Å²) in [5, 5.41) is 2.97. The van der Waals surface area contributed by atoms with E-state index < -0.39 is 5.92 Å². The van der Waals surface area contributed by atoms with Crippen LogP contribution in [0.5, 0.6) is 0 Å². The molecule has 5 heteroatoms. The Labute approximate surface area is 124 Å². The number of hydrogen-bond acceptors (Lipinski definition) is 1. The van der Waals surface area contributed by atoms with Crippen molar-refractivity contribution in [3.8, 4) is 0 Å². The molecule has 0 bridgehead atoms. The Bertz CT molecular complexity index is 333. The first-order valence-electron chi connectivity index (χ1n) is 7.68. The Morgan fingerprint density at radius 1 is 1.10 bits per heavy atom. The normalized spacial score (nSPS) is 26.1. The van der Waals surface area contributed by atoms with Gasteiger partial charge in [-0.15, -0.1) is 11.6 Å². The van der Waals surface area contributed by atoms with Crippen molar-refractivity contribution in [2.24, 2.45) is 11.3 Å². The Morgan fingerprint density at radius 3 is 2.25 bits per heavy atom. The molecule has 0 aromatic rings. The van der Waals surface area contributed by atoms with Crippen LogP contribution in [-0.4, -0.2) is 24.3 Å². The summed E-state index contributed by atoms with van der Waals surface area (Å²) < 4.78 is 26.2. The first kappa shape index (κ1) is 16.0. The van der Waals surface area contributed by atoms with Crippen molar-refractivity contribution >= 4 is 17.5 Å². The molecule has 2 rings (SSSR count). The van der Waals surface area contributed by atoms with Gasteiger partial charge in [0.05, 0.1) is 0 Å². The molecule has 2 nitrogen and oxygen atoms in total. The number of alkyl halides is 3. The molecule has 1 N–H and O–H groups in total. The zero-order valence-electron chi connectivity index (χ0n) is 11.9. The van der Waals surface area contributed by atoms with Gasteiger partial charge in [0.2, 0.25) is 11.8 Å². The summed E-state index contributed by atoms with van der Waals surface area (Å²) >= 11 is 6.09. The fraction of sp³-hybridized carbons (Fsp3) is 0.933. The molecular formula is C15H24ClF2NO. The monoisotopic (exact) mass is 307 g/mol. The third-order valence-electron chi connectivity index (χ3n) is 4.92. The smallest absolute Gasteiger partial charge is 0.248 e. The van der Waals surface area contributed by atoms with Crippen LogP contribution in [0, 0.1) is 11.3 Å². The van der Waals surface area contributed by atoms with Crippen molar-refractivity contribution < 1.29 is 13.6 Å². The number of carbonyl (C=O) groups excluding carboxylic acids is 1. The van der Waals surface area contributed by atoms with Gasteiger partial charge in [-0.3, -0.25) is 4.79 Å². The highest BCUT2D eigenvalue weighted by Gasteiger charge is 2.38. The average Bonchev–Trinajstić information content (AvgIpc) is 2.46. The first-order chi connectivity index (χ1) is 9.46. The molecule has 0 saturated heterocycles. The quantitative estimate of drug-likeness (QED) is 0.778. The van der Waals surface area contributed by atoms with E-state index in [0.717, 1.165) is 25.7 Å². The van der Waals surface area contributed by atoms with Crippen LogP contribution in [0.2, 0.25) is 0 Å². The average molecular weight is 308 g/mol. The SMILES string of the molecule is O=C(NCC1(CCl)CCCCC1)C1CCC(F)(F)CC1. The van der Waals surface area contributed by atoms with Crippen molar-refractivity contribution in [3.05, 3.63) is 0 Å². The minimum atomic E-state index is -2.57. The number of halogens is 3. The van der Waals surface area contributed by atoms with Gasteiger partial charge in [-0.25, -0.2) is 8.78 Å². The number of amides is 1. The lowest BCUT2D eigenvalue weighted by atomic mass is 9.75. The zero-order valence-corrected chi connectivity index (χ0v) is 12.7. The molecule has 0 unspecified atom stereocenters. The molecular weight excluding hydrogens is 284 g/mol. The van der Waals surface area contributed by atoms with Crippen LogP contribution >= 0.6 is 11.6 Å². The molecule has 0 spiro atoms. The molecule has 2 aliphatic carbocycles. The molecule has 0 atom stereocenters. The van der Waals surface area contributed by atoms with E-state index in [-0.39, 0.29) is 30.1 Å². The second kappa shape index (κ2) is 6.59. The molecule has 0 aromatic carbocycles. The first-order valence-corrected chi connectivity index (χ1v) is 8.21. The van der Waals surface area contributed by atoms with E-state index in [1.807, 2.05) is 0 Å². The molecule has 0 aliphatic heterocycles. The Morgan fingerprint density at radius 2 is 1.70 bits per heavy atom. The molecule has 0 heterocycles. The van der Waals surface area contributed by atoms with Gasteiger partial charge >= 0.3 is 0 Å². The summed E-state index contributed by atoms with van der Waals surface area (Å²) in [5.74, 6) is -2.31. The fourth-order valence-electron chi connectivity index (χ4n) is 3.38. The van der Waals surface area contributed by atoms with Gasteiger partial charge in [-0.05, 0) is 25.7 Å². The summed E-state index contributed by atoms with van der Waals surface area (Å²) in [5.41, 5.74) is 0.0219. The van der Waals surface area contributed by atoms with Gasteiger partial charge in [-0.2, -0.15) is 0 Å². The molecule has 1 amide bonds. The summed E-state index contributed by atoms with van der Waals surface area (Å²) in [7, 11) is 0. The highest BCUT2D eigenvalue weighted by molar-refractivity contribution is 6.18. The van der Waals surface area contributed by atoms with E-state index in [4.69, 9.17) is 11.6 Å². The van der Waals surface area contributed by atoms with E-state index in [1.165, 1.54) is 6.42 Å². The minimum Gasteiger partial charge on any atom is -0.355 e. The minimum absolute atomic E-state index is 0.0219. The summed E-state index contributed by atoms with van der Waals surface area (Å²) in [4.78, 5) is 12.1. The predicted octanol–water partition coefficient (Wildman–Crippen LogP) is 4.12. The van der Waals surface area contributed by atoms with E-state index in [0.29, 0.717) is 25.3 Å². The highest BCUT2D eigenvalue weighted by atomic mass is 35.5. The van der Waals surface area contributed by atoms with Crippen LogP contribution in [0.4, 0.5) is 8.78 Å². The van der Waals surface area contributed by atoms with Gasteiger partial charge in [-0.1, -0.05) is 19.3 Å². The van der Waals surface area contributed by atoms with E-state index in [2.05, 4.69) is 5.32 Å². The van der Waals surface area contributed by atoms with Gasteiger partial charge in [0.1, 0.15) is 0 Å². The predicted molar refractivity (Wildman–Crippen MR) is 76.2 cm³/mol. The topological polar surface area (TPSA) is 29.1 Å². The van der Waals surface area contributed by atoms with Gasteiger partial charge < -0.3 is 5.32 Å². The Balaban J connectivity index is 1.80.